The monoisotopic (exact) mass is 1330 g/mol. The highest BCUT2D eigenvalue weighted by Gasteiger charge is 2.44. The smallest absolute Gasteiger partial charge is 0.118 e. The summed E-state index contributed by atoms with van der Waals surface area (Å²) in [5, 5.41) is 0. The fourth-order valence-electron chi connectivity index (χ4n) is 13.5. The van der Waals surface area contributed by atoms with Crippen LogP contribution in [0.15, 0.2) is 316 Å². The van der Waals surface area contributed by atoms with Gasteiger partial charge < -0.3 is 47.7 Å². The van der Waals surface area contributed by atoms with Gasteiger partial charge in [-0.05, 0) is 212 Å². The summed E-state index contributed by atoms with van der Waals surface area (Å²) in [4.78, 5) is 4.60. The second kappa shape index (κ2) is 31.0. The Morgan fingerprint density at radius 1 is 0.248 bits per heavy atom. The molecule has 502 valence electrons. The highest BCUT2D eigenvalue weighted by atomic mass is 16.5. The lowest BCUT2D eigenvalue weighted by molar-refractivity contribution is 0.414. The normalized spacial score (nSPS) is 11.5. The van der Waals surface area contributed by atoms with E-state index in [0.717, 1.165) is 135 Å². The Morgan fingerprint density at radius 2 is 0.446 bits per heavy atom. The molecule has 0 saturated heterocycles. The number of benzene rings is 12. The van der Waals surface area contributed by atoms with E-state index in [2.05, 4.69) is 229 Å². The van der Waals surface area contributed by atoms with Gasteiger partial charge in [0.1, 0.15) is 46.0 Å². The predicted octanol–water partition coefficient (Wildman–Crippen LogP) is 20.5. The van der Waals surface area contributed by atoms with Gasteiger partial charge in [-0.2, -0.15) is 0 Å². The van der Waals surface area contributed by atoms with E-state index in [9.17, 15) is 0 Å². The first-order valence-electron chi connectivity index (χ1n) is 33.6. The standard InChI is InChI=1S/C91H80N2O8/c1-94-75-37-19-65(20-38-75)85(66-21-39-76(95-2)40-22-66)59-92(60-86(67-23-41-77(96-3)42-24-67)68-25-43-78(97-4)44-26-68)73-35-53-83-84-54-36-74(56-90(84)91(89(83)55-73,57-63-15-11-9-12-16-63)58-64-17-13-10-14-18-64)93(61-87(69-27-45-79(98-5)46-28-69)70-29-47-80(99-6)48-30-70)62-88(71-31-49-81(100-7)50-32-71)72-33-51-82(101-8)52-34-72/h9-56,59-62H,57-58H2,1-8H3. The third-order valence-electron chi connectivity index (χ3n) is 18.9. The van der Waals surface area contributed by atoms with Gasteiger partial charge >= 0.3 is 0 Å². The van der Waals surface area contributed by atoms with Crippen molar-refractivity contribution in [1.29, 1.82) is 0 Å². The van der Waals surface area contributed by atoms with Gasteiger partial charge in [-0.25, -0.2) is 0 Å². The number of ether oxygens (including phenoxy) is 8. The molecule has 13 rings (SSSR count). The average Bonchev–Trinajstić information content (AvgIpc) is 1.54. The summed E-state index contributed by atoms with van der Waals surface area (Å²) in [7, 11) is 13.6. The SMILES string of the molecule is COc1ccc(C(=CN(C=C(c2ccc(OC)cc2)c2ccc(OC)cc2)c2ccc3c(c2)C(Cc2ccccc2)(Cc2ccccc2)c2cc(N(C=C(c4ccc(OC)cc4)c4ccc(OC)cc4)C=C(c4ccc(OC)cc4)c4ccc(OC)cc4)ccc2-3)c2ccc(OC)cc2)cc1. The van der Waals surface area contributed by atoms with Gasteiger partial charge in [-0.1, -0.05) is 170 Å². The van der Waals surface area contributed by atoms with Crippen molar-refractivity contribution in [3.05, 3.63) is 383 Å². The van der Waals surface area contributed by atoms with Crippen molar-refractivity contribution < 1.29 is 37.9 Å². The maximum absolute atomic E-state index is 5.75. The minimum atomic E-state index is -0.676. The van der Waals surface area contributed by atoms with Crippen molar-refractivity contribution in [3.8, 4) is 57.1 Å². The zero-order chi connectivity index (χ0) is 69.7. The van der Waals surface area contributed by atoms with Crippen molar-refractivity contribution in [2.24, 2.45) is 0 Å². The molecule has 0 heterocycles. The lowest BCUT2D eigenvalue weighted by atomic mass is 9.69. The van der Waals surface area contributed by atoms with Gasteiger partial charge in [0.25, 0.3) is 0 Å². The van der Waals surface area contributed by atoms with Gasteiger partial charge in [0.15, 0.2) is 0 Å². The van der Waals surface area contributed by atoms with Crippen LogP contribution in [0.4, 0.5) is 11.4 Å². The summed E-state index contributed by atoms with van der Waals surface area (Å²) >= 11 is 0. The molecular formula is C91H80N2O8. The Morgan fingerprint density at radius 3 is 0.634 bits per heavy atom. The topological polar surface area (TPSA) is 80.3 Å². The molecule has 0 saturated carbocycles. The molecule has 0 N–H and O–H groups in total. The van der Waals surface area contributed by atoms with Gasteiger partial charge in [0.2, 0.25) is 0 Å². The summed E-state index contributed by atoms with van der Waals surface area (Å²) in [6, 6.07) is 102. The summed E-state index contributed by atoms with van der Waals surface area (Å²) in [5.74, 6) is 6.08. The van der Waals surface area contributed by atoms with E-state index in [-0.39, 0.29) is 0 Å². The maximum Gasteiger partial charge on any atom is 0.118 e. The molecule has 10 nitrogen and oxygen atoms in total. The third-order valence-corrected chi connectivity index (χ3v) is 18.9. The lowest BCUT2D eigenvalue weighted by Gasteiger charge is -2.34. The molecule has 10 heteroatoms. The fourth-order valence-corrected chi connectivity index (χ4v) is 13.5. The highest BCUT2D eigenvalue weighted by Crippen LogP contribution is 2.55. The molecule has 101 heavy (non-hydrogen) atoms. The second-order valence-electron chi connectivity index (χ2n) is 24.7. The van der Waals surface area contributed by atoms with Crippen LogP contribution >= 0.6 is 0 Å². The van der Waals surface area contributed by atoms with E-state index >= 15 is 0 Å². The van der Waals surface area contributed by atoms with Crippen LogP contribution in [-0.2, 0) is 18.3 Å². The minimum absolute atomic E-state index is 0.671. The summed E-state index contributed by atoms with van der Waals surface area (Å²) in [6.07, 6.45) is 10.4. The van der Waals surface area contributed by atoms with Crippen molar-refractivity contribution in [2.45, 2.75) is 18.3 Å². The van der Waals surface area contributed by atoms with Crippen molar-refractivity contribution in [2.75, 3.05) is 66.7 Å². The summed E-state index contributed by atoms with van der Waals surface area (Å²) in [5.41, 5.74) is 20.1. The van der Waals surface area contributed by atoms with Crippen LogP contribution < -0.4 is 47.7 Å². The van der Waals surface area contributed by atoms with Crippen LogP contribution in [0.1, 0.15) is 66.8 Å². The van der Waals surface area contributed by atoms with E-state index in [1.807, 2.05) is 97.1 Å². The van der Waals surface area contributed by atoms with E-state index in [1.54, 1.807) is 56.9 Å². The molecule has 0 bridgehead atoms. The Labute approximate surface area is 593 Å². The zero-order valence-electron chi connectivity index (χ0n) is 58.1. The largest absolute Gasteiger partial charge is 0.497 e. The van der Waals surface area contributed by atoms with E-state index in [4.69, 9.17) is 37.9 Å². The Balaban J connectivity index is 1.10. The van der Waals surface area contributed by atoms with Gasteiger partial charge in [-0.15, -0.1) is 0 Å². The third kappa shape index (κ3) is 14.9. The van der Waals surface area contributed by atoms with E-state index in [1.165, 1.54) is 22.3 Å². The number of rotatable bonds is 26. The van der Waals surface area contributed by atoms with Crippen LogP contribution in [0.5, 0.6) is 46.0 Å². The van der Waals surface area contributed by atoms with E-state index in [0.29, 0.717) is 12.8 Å². The van der Waals surface area contributed by atoms with E-state index < -0.39 is 5.41 Å². The van der Waals surface area contributed by atoms with Crippen LogP contribution in [0.2, 0.25) is 0 Å². The molecule has 0 spiro atoms. The first-order chi connectivity index (χ1) is 49.6. The van der Waals surface area contributed by atoms with Gasteiger partial charge in [0, 0.05) is 63.9 Å². The molecule has 0 radical (unpaired) electrons. The number of fused-ring (bicyclic) bond motifs is 3. The molecule has 12 aromatic carbocycles. The molecule has 0 atom stereocenters. The predicted molar refractivity (Wildman–Crippen MR) is 410 cm³/mol. The van der Waals surface area contributed by atoms with Crippen LogP contribution in [0.25, 0.3) is 33.4 Å². The number of anilines is 2. The molecular weight excluding hydrogens is 1250 g/mol. The summed E-state index contributed by atoms with van der Waals surface area (Å²) in [6.45, 7) is 0. The lowest BCUT2D eigenvalue weighted by Crippen LogP contribution is -2.31. The number of methoxy groups -OCH3 is 8. The first kappa shape index (κ1) is 67.2. The van der Waals surface area contributed by atoms with Crippen LogP contribution in [0.3, 0.4) is 0 Å². The molecule has 0 fully saturated rings. The minimum Gasteiger partial charge on any atom is -0.497 e. The summed E-state index contributed by atoms with van der Waals surface area (Å²) < 4.78 is 46.0. The molecule has 1 aliphatic carbocycles. The number of nitrogens with zero attached hydrogens (tertiary/aromatic N) is 2. The first-order valence-corrected chi connectivity index (χ1v) is 33.6. The highest BCUT2D eigenvalue weighted by molar-refractivity contribution is 5.91. The Bertz CT molecular complexity index is 4170. The Hall–Kier alpha value is -12.4. The van der Waals surface area contributed by atoms with Gasteiger partial charge in [0.05, 0.1) is 56.9 Å². The molecule has 0 unspecified atom stereocenters. The zero-order valence-corrected chi connectivity index (χ0v) is 58.1. The maximum atomic E-state index is 5.75. The Kier molecular flexibility index (Phi) is 20.6. The number of hydrogen-bond acceptors (Lipinski definition) is 10. The van der Waals surface area contributed by atoms with Crippen LogP contribution in [-0.4, -0.2) is 56.9 Å². The van der Waals surface area contributed by atoms with Crippen LogP contribution in [0, 0.1) is 0 Å². The van der Waals surface area contributed by atoms with Crippen molar-refractivity contribution >= 4 is 33.7 Å². The average molecular weight is 1330 g/mol. The van der Waals surface area contributed by atoms with Crippen molar-refractivity contribution in [1.82, 2.24) is 0 Å². The van der Waals surface area contributed by atoms with Crippen molar-refractivity contribution in [3.63, 3.8) is 0 Å². The number of hydrogen-bond donors (Lipinski definition) is 0. The molecule has 1 aliphatic rings. The molecule has 12 aromatic rings. The fraction of sp³-hybridized carbons (Fsp3) is 0.121. The molecule has 0 aliphatic heterocycles. The molecule has 0 amide bonds. The quantitative estimate of drug-likeness (QED) is 0.0523. The van der Waals surface area contributed by atoms with Gasteiger partial charge in [-0.3, -0.25) is 0 Å². The second-order valence-corrected chi connectivity index (χ2v) is 24.7. The molecule has 0 aromatic heterocycles.